The van der Waals surface area contributed by atoms with Gasteiger partial charge in [-0.15, -0.1) is 0 Å². The standard InChI is InChI=1S/C23H22FN3O4S/c1-13-19(10-25-26-13)14-5-6-16-17(7-14)20(11-27(2)23(16)28)18-8-15(12-32(4,29)30)21(24)9-22(18)31-3/h5-11H,12H2,1-4H3,(H,25,26). The molecule has 0 aliphatic rings. The lowest BCUT2D eigenvalue weighted by Crippen LogP contribution is -2.16. The van der Waals surface area contributed by atoms with E-state index in [1.807, 2.05) is 19.1 Å². The number of aromatic amines is 1. The molecule has 0 atom stereocenters. The molecule has 0 saturated heterocycles. The van der Waals surface area contributed by atoms with E-state index in [0.29, 0.717) is 21.9 Å². The van der Waals surface area contributed by atoms with Crippen molar-refractivity contribution in [1.29, 1.82) is 0 Å². The molecular formula is C23H22FN3O4S. The number of nitrogens with zero attached hydrogens (tertiary/aromatic N) is 2. The first-order valence-corrected chi connectivity index (χ1v) is 11.8. The van der Waals surface area contributed by atoms with Crippen LogP contribution in [0.2, 0.25) is 0 Å². The summed E-state index contributed by atoms with van der Waals surface area (Å²) in [5.41, 5.74) is 3.53. The second-order valence-corrected chi connectivity index (χ2v) is 9.96. The minimum Gasteiger partial charge on any atom is -0.496 e. The number of hydrogen-bond donors (Lipinski definition) is 1. The Balaban J connectivity index is 2.06. The smallest absolute Gasteiger partial charge is 0.258 e. The van der Waals surface area contributed by atoms with Gasteiger partial charge >= 0.3 is 0 Å². The van der Waals surface area contributed by atoms with Crippen LogP contribution in [0.5, 0.6) is 5.75 Å². The highest BCUT2D eigenvalue weighted by Gasteiger charge is 2.19. The number of H-pyrrole nitrogens is 1. The van der Waals surface area contributed by atoms with E-state index in [9.17, 15) is 17.6 Å². The average molecular weight is 456 g/mol. The SMILES string of the molecule is COc1cc(F)c(CS(C)(=O)=O)cc1-c1cn(C)c(=O)c2ccc(-c3c[nH]nc3C)cc12. The summed E-state index contributed by atoms with van der Waals surface area (Å²) in [6.45, 7) is 1.88. The molecule has 4 aromatic rings. The molecule has 0 radical (unpaired) electrons. The van der Waals surface area contributed by atoms with E-state index in [1.165, 1.54) is 23.8 Å². The fourth-order valence-corrected chi connectivity index (χ4v) is 4.66. The van der Waals surface area contributed by atoms with Crippen molar-refractivity contribution in [3.8, 4) is 28.0 Å². The van der Waals surface area contributed by atoms with Gasteiger partial charge in [-0.2, -0.15) is 5.10 Å². The quantitative estimate of drug-likeness (QED) is 0.496. The summed E-state index contributed by atoms with van der Waals surface area (Å²) in [5, 5.41) is 8.11. The van der Waals surface area contributed by atoms with Gasteiger partial charge in [-0.3, -0.25) is 9.89 Å². The van der Waals surface area contributed by atoms with Gasteiger partial charge in [-0.25, -0.2) is 12.8 Å². The van der Waals surface area contributed by atoms with Gasteiger partial charge in [-0.05, 0) is 36.1 Å². The number of fused-ring (bicyclic) bond motifs is 1. The Morgan fingerprint density at radius 1 is 1.12 bits per heavy atom. The van der Waals surface area contributed by atoms with Crippen LogP contribution in [0.1, 0.15) is 11.3 Å². The summed E-state index contributed by atoms with van der Waals surface area (Å²) in [5.74, 6) is -0.872. The third kappa shape index (κ3) is 3.91. The van der Waals surface area contributed by atoms with Crippen molar-refractivity contribution in [1.82, 2.24) is 14.8 Å². The first-order chi connectivity index (χ1) is 15.1. The van der Waals surface area contributed by atoms with Crippen LogP contribution in [0.25, 0.3) is 33.0 Å². The molecule has 0 bridgehead atoms. The minimum absolute atomic E-state index is 0.0344. The Labute approximate surface area is 184 Å². The lowest BCUT2D eigenvalue weighted by molar-refractivity contribution is 0.412. The minimum atomic E-state index is -3.46. The van der Waals surface area contributed by atoms with Gasteiger partial charge in [0.1, 0.15) is 11.6 Å². The number of benzene rings is 2. The van der Waals surface area contributed by atoms with Crippen LogP contribution in [0.4, 0.5) is 4.39 Å². The monoisotopic (exact) mass is 455 g/mol. The second kappa shape index (κ2) is 7.90. The van der Waals surface area contributed by atoms with Crippen LogP contribution in [0, 0.1) is 12.7 Å². The molecule has 0 fully saturated rings. The van der Waals surface area contributed by atoms with Crippen molar-refractivity contribution in [3.05, 3.63) is 70.2 Å². The molecule has 1 N–H and O–H groups in total. The van der Waals surface area contributed by atoms with Crippen molar-refractivity contribution >= 4 is 20.6 Å². The van der Waals surface area contributed by atoms with Crippen LogP contribution < -0.4 is 10.3 Å². The highest BCUT2D eigenvalue weighted by atomic mass is 32.2. The number of ether oxygens (including phenoxy) is 1. The van der Waals surface area contributed by atoms with Gasteiger partial charge in [0.2, 0.25) is 0 Å². The molecule has 7 nitrogen and oxygen atoms in total. The van der Waals surface area contributed by atoms with E-state index in [0.717, 1.165) is 23.1 Å². The van der Waals surface area contributed by atoms with E-state index >= 15 is 0 Å². The molecule has 0 saturated carbocycles. The summed E-state index contributed by atoms with van der Waals surface area (Å²) in [7, 11) is -0.416. The molecular weight excluding hydrogens is 433 g/mol. The summed E-state index contributed by atoms with van der Waals surface area (Å²) in [6, 6.07) is 8.13. The number of aryl methyl sites for hydroxylation is 2. The molecule has 0 spiro atoms. The number of halogens is 1. The highest BCUT2D eigenvalue weighted by Crippen LogP contribution is 2.37. The Kier molecular flexibility index (Phi) is 5.37. The highest BCUT2D eigenvalue weighted by molar-refractivity contribution is 7.89. The van der Waals surface area contributed by atoms with Crippen LogP contribution >= 0.6 is 0 Å². The number of hydrogen-bond acceptors (Lipinski definition) is 5. The first kappa shape index (κ1) is 21.8. The predicted octanol–water partition coefficient (Wildman–Crippen LogP) is 3.60. The number of sulfone groups is 1. The molecule has 0 aliphatic heterocycles. The van der Waals surface area contributed by atoms with E-state index in [4.69, 9.17) is 4.74 Å². The molecule has 2 aromatic heterocycles. The maximum absolute atomic E-state index is 14.6. The van der Waals surface area contributed by atoms with Crippen LogP contribution in [0.15, 0.2) is 47.5 Å². The summed E-state index contributed by atoms with van der Waals surface area (Å²) in [6.07, 6.45) is 4.48. The zero-order valence-electron chi connectivity index (χ0n) is 18.1. The van der Waals surface area contributed by atoms with Crippen molar-refractivity contribution < 1.29 is 17.5 Å². The maximum atomic E-state index is 14.6. The topological polar surface area (TPSA) is 94.0 Å². The van der Waals surface area contributed by atoms with Gasteiger partial charge in [0.05, 0.1) is 18.6 Å². The lowest BCUT2D eigenvalue weighted by Gasteiger charge is -2.16. The molecule has 2 aromatic carbocycles. The molecule has 0 amide bonds. The summed E-state index contributed by atoms with van der Waals surface area (Å²) >= 11 is 0. The average Bonchev–Trinajstić information content (AvgIpc) is 3.16. The molecule has 9 heteroatoms. The zero-order chi connectivity index (χ0) is 23.2. The van der Waals surface area contributed by atoms with Gasteiger partial charge in [0, 0.05) is 59.4 Å². The van der Waals surface area contributed by atoms with Crippen molar-refractivity contribution in [3.63, 3.8) is 0 Å². The van der Waals surface area contributed by atoms with Crippen molar-refractivity contribution in [2.75, 3.05) is 13.4 Å². The molecule has 166 valence electrons. The zero-order valence-corrected chi connectivity index (χ0v) is 18.9. The fraction of sp³-hybridized carbons (Fsp3) is 0.217. The van der Waals surface area contributed by atoms with Crippen LogP contribution in [-0.2, 0) is 22.6 Å². The number of methoxy groups -OCH3 is 1. The first-order valence-electron chi connectivity index (χ1n) is 9.77. The van der Waals surface area contributed by atoms with E-state index in [-0.39, 0.29) is 16.9 Å². The fourth-order valence-electron chi connectivity index (χ4n) is 3.87. The number of nitrogens with one attached hydrogen (secondary N) is 1. The molecule has 0 unspecified atom stereocenters. The molecule has 32 heavy (non-hydrogen) atoms. The third-order valence-corrected chi connectivity index (χ3v) is 6.24. The summed E-state index contributed by atoms with van der Waals surface area (Å²) < 4.78 is 45.1. The van der Waals surface area contributed by atoms with E-state index in [2.05, 4.69) is 10.2 Å². The molecule has 4 rings (SSSR count). The maximum Gasteiger partial charge on any atom is 0.258 e. The molecule has 0 aliphatic carbocycles. The Morgan fingerprint density at radius 2 is 1.88 bits per heavy atom. The normalized spacial score (nSPS) is 11.8. The van der Waals surface area contributed by atoms with Crippen LogP contribution in [-0.4, -0.2) is 36.5 Å². The van der Waals surface area contributed by atoms with E-state index in [1.54, 1.807) is 25.5 Å². The summed E-state index contributed by atoms with van der Waals surface area (Å²) in [4.78, 5) is 12.8. The van der Waals surface area contributed by atoms with Crippen LogP contribution in [0.3, 0.4) is 0 Å². The predicted molar refractivity (Wildman–Crippen MR) is 122 cm³/mol. The van der Waals surface area contributed by atoms with Crippen molar-refractivity contribution in [2.45, 2.75) is 12.7 Å². The number of rotatable bonds is 5. The van der Waals surface area contributed by atoms with Gasteiger partial charge < -0.3 is 9.30 Å². The van der Waals surface area contributed by atoms with E-state index < -0.39 is 21.4 Å². The number of aromatic nitrogens is 3. The second-order valence-electron chi connectivity index (χ2n) is 7.82. The van der Waals surface area contributed by atoms with Gasteiger partial charge in [0.25, 0.3) is 5.56 Å². The van der Waals surface area contributed by atoms with Gasteiger partial charge in [-0.1, -0.05) is 6.07 Å². The Hall–Kier alpha value is -3.46. The third-order valence-electron chi connectivity index (χ3n) is 5.40. The largest absolute Gasteiger partial charge is 0.496 e. The Morgan fingerprint density at radius 3 is 2.50 bits per heavy atom. The van der Waals surface area contributed by atoms with Gasteiger partial charge in [0.15, 0.2) is 9.84 Å². The Bertz CT molecular complexity index is 1520. The van der Waals surface area contributed by atoms with Crippen molar-refractivity contribution in [2.24, 2.45) is 7.05 Å². The number of pyridine rings is 1. The lowest BCUT2D eigenvalue weighted by atomic mass is 9.95. The molecule has 2 heterocycles.